The number of hydrogen-bond donors (Lipinski definition) is 1. The molecule has 7 nitrogen and oxygen atoms in total. The summed E-state index contributed by atoms with van der Waals surface area (Å²) in [6, 6.07) is 17.7. The number of carbonyl (C=O) groups excluding carboxylic acids is 2. The topological polar surface area (TPSA) is 78.7 Å². The zero-order valence-corrected chi connectivity index (χ0v) is 17.9. The molecule has 2 amide bonds. The number of anilines is 1. The minimum Gasteiger partial charge on any atom is -0.360 e. The second-order valence-corrected chi connectivity index (χ2v) is 7.90. The van der Waals surface area contributed by atoms with Crippen LogP contribution in [-0.4, -0.2) is 52.9 Å². The Morgan fingerprint density at radius 3 is 2.32 bits per heavy atom. The zero-order chi connectivity index (χ0) is 21.8. The number of carbonyl (C=O) groups is 2. The van der Waals surface area contributed by atoms with Crippen molar-refractivity contribution >= 4 is 29.2 Å². The van der Waals surface area contributed by atoms with E-state index < -0.39 is 6.04 Å². The van der Waals surface area contributed by atoms with E-state index in [4.69, 9.17) is 16.1 Å². The molecule has 1 aliphatic rings. The molecule has 0 spiro atoms. The molecular formula is C23H23ClN4O3. The zero-order valence-electron chi connectivity index (χ0n) is 17.1. The third-order valence-electron chi connectivity index (χ3n) is 5.30. The van der Waals surface area contributed by atoms with Crippen LogP contribution in [0, 0.1) is 6.92 Å². The molecule has 160 valence electrons. The maximum atomic E-state index is 13.2. The Hall–Kier alpha value is -3.16. The van der Waals surface area contributed by atoms with Crippen molar-refractivity contribution in [2.45, 2.75) is 13.0 Å². The fourth-order valence-corrected chi connectivity index (χ4v) is 3.87. The third-order valence-corrected chi connectivity index (χ3v) is 5.55. The summed E-state index contributed by atoms with van der Waals surface area (Å²) in [6.45, 7) is 3.98. The minimum atomic E-state index is -0.494. The van der Waals surface area contributed by atoms with Gasteiger partial charge in [0.25, 0.3) is 5.91 Å². The Balaban J connectivity index is 1.47. The van der Waals surface area contributed by atoms with E-state index in [1.807, 2.05) is 30.3 Å². The van der Waals surface area contributed by atoms with Crippen LogP contribution >= 0.6 is 11.6 Å². The van der Waals surface area contributed by atoms with Gasteiger partial charge in [-0.1, -0.05) is 47.1 Å². The highest BCUT2D eigenvalue weighted by molar-refractivity contribution is 6.30. The van der Waals surface area contributed by atoms with E-state index in [0.29, 0.717) is 48.3 Å². The molecule has 0 saturated carbocycles. The largest absolute Gasteiger partial charge is 0.360 e. The van der Waals surface area contributed by atoms with Crippen LogP contribution in [-0.2, 0) is 4.79 Å². The molecule has 3 aromatic rings. The molecule has 4 rings (SSSR count). The second-order valence-electron chi connectivity index (χ2n) is 7.46. The van der Waals surface area contributed by atoms with Gasteiger partial charge in [-0.15, -0.1) is 0 Å². The number of aromatic nitrogens is 1. The Labute approximate surface area is 185 Å². The van der Waals surface area contributed by atoms with Crippen LogP contribution in [0.25, 0.3) is 0 Å². The van der Waals surface area contributed by atoms with Crippen LogP contribution in [0.3, 0.4) is 0 Å². The molecule has 1 atom stereocenters. The van der Waals surface area contributed by atoms with Gasteiger partial charge in [0, 0.05) is 42.8 Å². The lowest BCUT2D eigenvalue weighted by atomic mass is 10.0. The minimum absolute atomic E-state index is 0.0323. The molecule has 1 saturated heterocycles. The van der Waals surface area contributed by atoms with Crippen molar-refractivity contribution < 1.29 is 14.1 Å². The van der Waals surface area contributed by atoms with Crippen molar-refractivity contribution in [3.8, 4) is 0 Å². The standard InChI is InChI=1S/C23H23ClN4O3/c1-16-15-20(26-31-16)25-22(29)21(17-5-3-2-4-6-17)27-11-13-28(14-12-27)23(30)18-7-9-19(24)10-8-18/h2-10,15,21H,11-14H2,1H3,(H,25,26,29). The lowest BCUT2D eigenvalue weighted by Gasteiger charge is -2.38. The number of hydrogen-bond acceptors (Lipinski definition) is 5. The number of amides is 2. The van der Waals surface area contributed by atoms with Crippen LogP contribution in [0.2, 0.25) is 5.02 Å². The number of nitrogens with one attached hydrogen (secondary N) is 1. The second kappa shape index (κ2) is 9.32. The molecule has 0 aliphatic carbocycles. The average molecular weight is 439 g/mol. The van der Waals surface area contributed by atoms with Crippen molar-refractivity contribution in [2.24, 2.45) is 0 Å². The number of benzene rings is 2. The Kier molecular flexibility index (Phi) is 6.34. The predicted octanol–water partition coefficient (Wildman–Crippen LogP) is 3.77. The number of rotatable bonds is 5. The molecular weight excluding hydrogens is 416 g/mol. The van der Waals surface area contributed by atoms with E-state index in [1.165, 1.54) is 0 Å². The van der Waals surface area contributed by atoms with Gasteiger partial charge in [0.05, 0.1) is 0 Å². The first-order valence-electron chi connectivity index (χ1n) is 10.1. The Morgan fingerprint density at radius 1 is 1.03 bits per heavy atom. The molecule has 31 heavy (non-hydrogen) atoms. The normalized spacial score (nSPS) is 15.5. The van der Waals surface area contributed by atoms with Gasteiger partial charge in [0.1, 0.15) is 11.8 Å². The molecule has 2 heterocycles. The van der Waals surface area contributed by atoms with Gasteiger partial charge in [0.15, 0.2) is 5.82 Å². The summed E-state index contributed by atoms with van der Waals surface area (Å²) in [5.41, 5.74) is 1.49. The SMILES string of the molecule is Cc1cc(NC(=O)C(c2ccccc2)N2CCN(C(=O)c3ccc(Cl)cc3)CC2)no1. The smallest absolute Gasteiger partial charge is 0.253 e. The molecule has 1 N–H and O–H groups in total. The molecule has 8 heteroatoms. The molecule has 1 aromatic heterocycles. The van der Waals surface area contributed by atoms with E-state index in [0.717, 1.165) is 5.56 Å². The first-order valence-corrected chi connectivity index (χ1v) is 10.5. The maximum Gasteiger partial charge on any atom is 0.253 e. The van der Waals surface area contributed by atoms with Crippen molar-refractivity contribution in [3.05, 3.63) is 82.6 Å². The van der Waals surface area contributed by atoms with Gasteiger partial charge >= 0.3 is 0 Å². The quantitative estimate of drug-likeness (QED) is 0.656. The van der Waals surface area contributed by atoms with Gasteiger partial charge in [0.2, 0.25) is 5.91 Å². The number of nitrogens with zero attached hydrogens (tertiary/aromatic N) is 3. The van der Waals surface area contributed by atoms with E-state index in [1.54, 1.807) is 42.2 Å². The van der Waals surface area contributed by atoms with Crippen LogP contribution in [0.1, 0.15) is 27.7 Å². The van der Waals surface area contributed by atoms with E-state index in [2.05, 4.69) is 15.4 Å². The van der Waals surface area contributed by atoms with Gasteiger partial charge in [-0.25, -0.2) is 0 Å². The summed E-state index contributed by atoms with van der Waals surface area (Å²) in [5.74, 6) is 0.799. The summed E-state index contributed by atoms with van der Waals surface area (Å²) in [5, 5.41) is 7.31. The average Bonchev–Trinajstić information content (AvgIpc) is 3.19. The Morgan fingerprint density at radius 2 is 1.71 bits per heavy atom. The van der Waals surface area contributed by atoms with Gasteiger partial charge in [-0.05, 0) is 36.8 Å². The fourth-order valence-electron chi connectivity index (χ4n) is 3.74. The van der Waals surface area contributed by atoms with E-state index >= 15 is 0 Å². The first kappa shape index (κ1) is 21.1. The monoisotopic (exact) mass is 438 g/mol. The first-order chi connectivity index (χ1) is 15.0. The maximum absolute atomic E-state index is 13.2. The number of halogens is 1. The van der Waals surface area contributed by atoms with Crippen molar-refractivity contribution in [2.75, 3.05) is 31.5 Å². The Bertz CT molecular complexity index is 1040. The molecule has 2 aromatic carbocycles. The fraction of sp³-hybridized carbons (Fsp3) is 0.261. The van der Waals surface area contributed by atoms with E-state index in [-0.39, 0.29) is 11.8 Å². The van der Waals surface area contributed by atoms with Gasteiger partial charge < -0.3 is 14.7 Å². The van der Waals surface area contributed by atoms with Crippen LogP contribution < -0.4 is 5.32 Å². The number of piperazine rings is 1. The number of aryl methyl sites for hydroxylation is 1. The molecule has 1 aliphatic heterocycles. The van der Waals surface area contributed by atoms with E-state index in [9.17, 15) is 9.59 Å². The molecule has 0 bridgehead atoms. The lowest BCUT2D eigenvalue weighted by molar-refractivity contribution is -0.122. The summed E-state index contributed by atoms with van der Waals surface area (Å²) in [4.78, 5) is 29.9. The molecule has 1 fully saturated rings. The van der Waals surface area contributed by atoms with Crippen molar-refractivity contribution in [1.82, 2.24) is 15.0 Å². The highest BCUT2D eigenvalue weighted by atomic mass is 35.5. The van der Waals surface area contributed by atoms with Gasteiger partial charge in [-0.3, -0.25) is 14.5 Å². The third kappa shape index (κ3) is 4.95. The van der Waals surface area contributed by atoms with Crippen LogP contribution in [0.15, 0.2) is 65.2 Å². The highest BCUT2D eigenvalue weighted by Crippen LogP contribution is 2.25. The summed E-state index contributed by atoms with van der Waals surface area (Å²) < 4.78 is 5.06. The summed E-state index contributed by atoms with van der Waals surface area (Å²) in [6.07, 6.45) is 0. The highest BCUT2D eigenvalue weighted by Gasteiger charge is 2.32. The summed E-state index contributed by atoms with van der Waals surface area (Å²) >= 11 is 5.92. The molecule has 1 unspecified atom stereocenters. The van der Waals surface area contributed by atoms with Crippen LogP contribution in [0.4, 0.5) is 5.82 Å². The van der Waals surface area contributed by atoms with Crippen molar-refractivity contribution in [1.29, 1.82) is 0 Å². The lowest BCUT2D eigenvalue weighted by Crippen LogP contribution is -2.51. The summed E-state index contributed by atoms with van der Waals surface area (Å²) in [7, 11) is 0. The van der Waals surface area contributed by atoms with Gasteiger partial charge in [-0.2, -0.15) is 0 Å². The van der Waals surface area contributed by atoms with Crippen LogP contribution in [0.5, 0.6) is 0 Å². The molecule has 0 radical (unpaired) electrons. The predicted molar refractivity (Wildman–Crippen MR) is 118 cm³/mol. The van der Waals surface area contributed by atoms with Crippen molar-refractivity contribution in [3.63, 3.8) is 0 Å².